The number of benzene rings is 3. The molecule has 0 aromatic heterocycles. The van der Waals surface area contributed by atoms with Gasteiger partial charge in [0.15, 0.2) is 0 Å². The molecule has 5 nitrogen and oxygen atoms in total. The van der Waals surface area contributed by atoms with E-state index in [1.54, 1.807) is 11.5 Å². The number of hydrogen-bond donors (Lipinski definition) is 2. The van der Waals surface area contributed by atoms with Gasteiger partial charge in [0.1, 0.15) is 17.7 Å². The minimum Gasteiger partial charge on any atom is -0.479 e. The summed E-state index contributed by atoms with van der Waals surface area (Å²) in [6, 6.07) is 15.8. The van der Waals surface area contributed by atoms with Crippen LogP contribution < -0.4 is 5.32 Å². The summed E-state index contributed by atoms with van der Waals surface area (Å²) in [5.41, 5.74) is 4.47. The van der Waals surface area contributed by atoms with Gasteiger partial charge in [-0.15, -0.1) is 11.8 Å². The lowest BCUT2D eigenvalue weighted by molar-refractivity contribution is -0.137. The predicted octanol–water partition coefficient (Wildman–Crippen LogP) is 7.58. The van der Waals surface area contributed by atoms with E-state index in [9.17, 15) is 23.5 Å². The molecule has 0 spiro atoms. The molecule has 3 aromatic carbocycles. The van der Waals surface area contributed by atoms with Crippen LogP contribution >= 0.6 is 11.8 Å². The maximum atomic E-state index is 14.0. The highest BCUT2D eigenvalue weighted by Gasteiger charge is 2.23. The maximum absolute atomic E-state index is 14.0. The quantitative estimate of drug-likeness (QED) is 0.227. The Morgan fingerprint density at radius 2 is 1.67 bits per heavy atom. The smallest absolute Gasteiger partial charge is 0.330 e. The molecule has 1 amide bonds. The van der Waals surface area contributed by atoms with Gasteiger partial charge < -0.3 is 10.4 Å². The van der Waals surface area contributed by atoms with Crippen molar-refractivity contribution in [3.05, 3.63) is 106 Å². The van der Waals surface area contributed by atoms with Gasteiger partial charge >= 0.3 is 5.97 Å². The molecule has 2 N–H and O–H groups in total. The van der Waals surface area contributed by atoms with Crippen molar-refractivity contribution in [2.45, 2.75) is 58.2 Å². The molecule has 42 heavy (non-hydrogen) atoms. The van der Waals surface area contributed by atoms with Crippen molar-refractivity contribution in [1.29, 1.82) is 0 Å². The van der Waals surface area contributed by atoms with Crippen molar-refractivity contribution in [2.24, 2.45) is 5.92 Å². The van der Waals surface area contributed by atoms with E-state index in [-0.39, 0.29) is 0 Å². The van der Waals surface area contributed by atoms with Crippen molar-refractivity contribution in [2.75, 3.05) is 12.8 Å². The van der Waals surface area contributed by atoms with Gasteiger partial charge in [-0.25, -0.2) is 13.6 Å². The third-order valence-electron chi connectivity index (χ3n) is 7.70. The van der Waals surface area contributed by atoms with Gasteiger partial charge in [-0.1, -0.05) is 49.6 Å². The third-order valence-corrected chi connectivity index (χ3v) is 8.13. The van der Waals surface area contributed by atoms with E-state index >= 15 is 0 Å². The second kappa shape index (κ2) is 15.1. The van der Waals surface area contributed by atoms with Gasteiger partial charge in [0.05, 0.1) is 0 Å². The fourth-order valence-electron chi connectivity index (χ4n) is 5.69. The summed E-state index contributed by atoms with van der Waals surface area (Å²) in [4.78, 5) is 27.4. The van der Waals surface area contributed by atoms with Crippen LogP contribution in [0.5, 0.6) is 0 Å². The van der Waals surface area contributed by atoms with E-state index in [1.807, 2.05) is 49.6 Å². The highest BCUT2D eigenvalue weighted by atomic mass is 32.2. The zero-order valence-electron chi connectivity index (χ0n) is 24.1. The number of amides is 1. The molecule has 1 atom stereocenters. The van der Waals surface area contributed by atoms with E-state index in [0.717, 1.165) is 42.1 Å². The first-order valence-electron chi connectivity index (χ1n) is 14.3. The number of carbonyl (C=O) groups excluding carboxylic acids is 1. The number of carboxylic acid groups (broad SMARTS) is 1. The minimum absolute atomic E-state index is 0.378. The number of carboxylic acids is 1. The highest BCUT2D eigenvalue weighted by molar-refractivity contribution is 8.01. The number of nitrogens with one attached hydrogen (secondary N) is 1. The first-order valence-corrected chi connectivity index (χ1v) is 15.6. The third kappa shape index (κ3) is 8.76. The van der Waals surface area contributed by atoms with Crippen LogP contribution in [-0.2, 0) is 17.9 Å². The molecule has 8 heteroatoms. The second-order valence-corrected chi connectivity index (χ2v) is 11.7. The first-order chi connectivity index (χ1) is 20.2. The van der Waals surface area contributed by atoms with Crippen LogP contribution in [0.4, 0.5) is 8.78 Å². The second-order valence-electron chi connectivity index (χ2n) is 11.0. The molecule has 4 rings (SSSR count). The molecule has 1 aliphatic rings. The molecular formula is C34H38F2N2O3S. The molecule has 1 saturated carbocycles. The van der Waals surface area contributed by atoms with Crippen LogP contribution in [0.3, 0.4) is 0 Å². The van der Waals surface area contributed by atoms with Crippen molar-refractivity contribution in [3.8, 4) is 11.1 Å². The number of aryl methyl sites for hydroxylation is 1. The lowest BCUT2D eigenvalue weighted by Gasteiger charge is -2.30. The van der Waals surface area contributed by atoms with E-state index in [0.29, 0.717) is 35.7 Å². The van der Waals surface area contributed by atoms with E-state index in [1.165, 1.54) is 49.2 Å². The Morgan fingerprint density at radius 3 is 2.33 bits per heavy atom. The predicted molar refractivity (Wildman–Crippen MR) is 165 cm³/mol. The number of rotatable bonds is 12. The van der Waals surface area contributed by atoms with E-state index in [4.69, 9.17) is 0 Å². The number of hydrogen-bond acceptors (Lipinski definition) is 4. The Bertz CT molecular complexity index is 1400. The molecular weight excluding hydrogens is 554 g/mol. The first kappa shape index (κ1) is 31.4. The van der Waals surface area contributed by atoms with Gasteiger partial charge in [0, 0.05) is 31.3 Å². The molecule has 0 aliphatic heterocycles. The van der Waals surface area contributed by atoms with Gasteiger partial charge in [0.25, 0.3) is 5.91 Å². The fourth-order valence-corrected chi connectivity index (χ4v) is 6.01. The molecule has 0 saturated heterocycles. The van der Waals surface area contributed by atoms with Crippen LogP contribution in [0.2, 0.25) is 0 Å². The van der Waals surface area contributed by atoms with Gasteiger partial charge in [-0.2, -0.15) is 0 Å². The Hall–Kier alpha value is -3.49. The van der Waals surface area contributed by atoms with Crippen LogP contribution in [0.1, 0.15) is 59.2 Å². The summed E-state index contributed by atoms with van der Waals surface area (Å²) in [6.07, 6.45) is 9.16. The summed E-state index contributed by atoms with van der Waals surface area (Å²) < 4.78 is 28.1. The average Bonchev–Trinajstić information content (AvgIpc) is 2.95. The Kier molecular flexibility index (Phi) is 11.3. The Balaban J connectivity index is 1.67. The van der Waals surface area contributed by atoms with Crippen LogP contribution in [0, 0.1) is 24.5 Å². The van der Waals surface area contributed by atoms with Crippen LogP contribution in [0.15, 0.2) is 72.1 Å². The molecule has 1 fully saturated rings. The monoisotopic (exact) mass is 592 g/mol. The number of nitrogens with zero attached hydrogens (tertiary/aromatic N) is 1. The summed E-state index contributed by atoms with van der Waals surface area (Å²) in [6.45, 7) is 3.71. The summed E-state index contributed by atoms with van der Waals surface area (Å²) in [5.74, 6) is -2.29. The highest BCUT2D eigenvalue weighted by Crippen LogP contribution is 2.30. The lowest BCUT2D eigenvalue weighted by atomic mass is 9.88. The molecule has 0 unspecified atom stereocenters. The summed E-state index contributed by atoms with van der Waals surface area (Å²) in [5, 5.41) is 13.9. The van der Waals surface area contributed by atoms with Crippen LogP contribution in [0.25, 0.3) is 11.1 Å². The molecule has 0 radical (unpaired) electrons. The molecule has 3 aromatic rings. The largest absolute Gasteiger partial charge is 0.479 e. The summed E-state index contributed by atoms with van der Waals surface area (Å²) >= 11 is 1.35. The Morgan fingerprint density at radius 1 is 0.976 bits per heavy atom. The van der Waals surface area contributed by atoms with Gasteiger partial charge in [0.2, 0.25) is 0 Å². The average molecular weight is 593 g/mol. The topological polar surface area (TPSA) is 69.6 Å². The normalized spacial score (nSPS) is 14.8. The van der Waals surface area contributed by atoms with Crippen molar-refractivity contribution in [3.63, 3.8) is 0 Å². The van der Waals surface area contributed by atoms with Gasteiger partial charge in [-0.05, 0) is 95.5 Å². The van der Waals surface area contributed by atoms with E-state index < -0.39 is 29.6 Å². The summed E-state index contributed by atoms with van der Waals surface area (Å²) in [7, 11) is 0. The Labute approximate surface area is 251 Å². The van der Waals surface area contributed by atoms with Crippen molar-refractivity contribution in [1.82, 2.24) is 10.2 Å². The SMILES string of the molecule is CS/C=C/[C@H](NC(=O)c1ccc(CN(Cc2cc(F)cc(F)c2)CC2CCCCC2)cc1-c1ccccc1C)C(=O)O. The minimum atomic E-state index is -1.16. The molecule has 0 bridgehead atoms. The standard InChI is InChI=1S/C34H38F2N2O3S/c1-23-8-6-7-11-29(23)31-18-25(12-13-30(31)33(39)37-32(34(40)41)14-15-42-2)21-38(20-24-9-4-3-5-10-24)22-26-16-27(35)19-28(36)17-26/h6-8,11-19,24,32H,3-5,9-10,20-22H2,1-2H3,(H,37,39)(H,40,41)/b15-14+/t32-/m0/s1. The number of thioether (sulfide) groups is 1. The fraction of sp³-hybridized carbons (Fsp3) is 0.353. The lowest BCUT2D eigenvalue weighted by Crippen LogP contribution is -2.39. The maximum Gasteiger partial charge on any atom is 0.330 e. The zero-order valence-corrected chi connectivity index (χ0v) is 24.9. The van der Waals surface area contributed by atoms with Crippen molar-refractivity contribution < 1.29 is 23.5 Å². The number of carbonyl (C=O) groups is 2. The number of aliphatic carboxylic acids is 1. The van der Waals surface area contributed by atoms with Crippen LogP contribution in [-0.4, -0.2) is 40.7 Å². The molecule has 0 heterocycles. The van der Waals surface area contributed by atoms with Gasteiger partial charge in [-0.3, -0.25) is 9.69 Å². The van der Waals surface area contributed by atoms with Crippen molar-refractivity contribution >= 4 is 23.6 Å². The number of halogens is 2. The molecule has 1 aliphatic carbocycles. The molecule has 222 valence electrons. The zero-order chi connectivity index (χ0) is 30.1. The van der Waals surface area contributed by atoms with E-state index in [2.05, 4.69) is 10.2 Å².